The second kappa shape index (κ2) is 8.38. The summed E-state index contributed by atoms with van der Waals surface area (Å²) in [5.74, 6) is 3.29. The van der Waals surface area contributed by atoms with Gasteiger partial charge in [-0.25, -0.2) is 4.98 Å². The van der Waals surface area contributed by atoms with Crippen molar-refractivity contribution in [2.45, 2.75) is 46.5 Å². The molecule has 1 aromatic heterocycles. The van der Waals surface area contributed by atoms with Gasteiger partial charge in [0, 0.05) is 49.3 Å². The molecule has 1 aromatic carbocycles. The van der Waals surface area contributed by atoms with Crippen LogP contribution in [0.5, 0.6) is 0 Å². The molecule has 0 aliphatic carbocycles. The minimum absolute atomic E-state index is 0.708. The molecule has 0 bridgehead atoms. The van der Waals surface area contributed by atoms with Crippen LogP contribution in [0, 0.1) is 18.8 Å². The molecule has 1 N–H and O–H groups in total. The van der Waals surface area contributed by atoms with E-state index in [0.717, 1.165) is 55.2 Å². The topological polar surface area (TPSA) is 44.3 Å². The number of benzene rings is 1. The Morgan fingerprint density at radius 2 is 1.64 bits per heavy atom. The Morgan fingerprint density at radius 3 is 2.36 bits per heavy atom. The van der Waals surface area contributed by atoms with Gasteiger partial charge in [-0.05, 0) is 68.7 Å². The van der Waals surface area contributed by atoms with Crippen molar-refractivity contribution in [2.75, 3.05) is 41.3 Å². The van der Waals surface area contributed by atoms with Crippen molar-refractivity contribution in [3.05, 3.63) is 36.0 Å². The summed E-state index contributed by atoms with van der Waals surface area (Å²) in [6.45, 7) is 11.1. The Morgan fingerprint density at radius 1 is 0.893 bits per heavy atom. The molecule has 1 unspecified atom stereocenters. The van der Waals surface area contributed by atoms with Crippen molar-refractivity contribution in [1.29, 1.82) is 0 Å². The fraction of sp³-hybridized carbons (Fsp3) is 0.565. The van der Waals surface area contributed by atoms with Crippen LogP contribution < -0.4 is 15.1 Å². The van der Waals surface area contributed by atoms with E-state index < -0.39 is 0 Å². The number of anilines is 4. The highest BCUT2D eigenvalue weighted by Gasteiger charge is 2.19. The minimum atomic E-state index is 0.708. The van der Waals surface area contributed by atoms with Gasteiger partial charge in [-0.15, -0.1) is 0 Å². The highest BCUT2D eigenvalue weighted by molar-refractivity contribution is 5.62. The van der Waals surface area contributed by atoms with Crippen LogP contribution in [0.25, 0.3) is 0 Å². The molecule has 1 atom stereocenters. The highest BCUT2D eigenvalue weighted by Crippen LogP contribution is 2.26. The summed E-state index contributed by atoms with van der Waals surface area (Å²) in [6.07, 6.45) is 5.10. The molecule has 0 spiro atoms. The van der Waals surface area contributed by atoms with E-state index in [1.165, 1.54) is 31.4 Å². The predicted molar refractivity (Wildman–Crippen MR) is 118 cm³/mol. The van der Waals surface area contributed by atoms with Crippen LogP contribution >= 0.6 is 0 Å². The van der Waals surface area contributed by atoms with E-state index in [1.54, 1.807) is 0 Å². The first kappa shape index (κ1) is 19.0. The molecule has 2 aliphatic heterocycles. The van der Waals surface area contributed by atoms with Crippen molar-refractivity contribution in [2.24, 2.45) is 11.8 Å². The quantitative estimate of drug-likeness (QED) is 0.810. The van der Waals surface area contributed by atoms with Crippen LogP contribution in [0.15, 0.2) is 30.3 Å². The van der Waals surface area contributed by atoms with E-state index in [9.17, 15) is 0 Å². The molecule has 2 aliphatic rings. The van der Waals surface area contributed by atoms with E-state index in [1.807, 2.05) is 13.0 Å². The Hall–Kier alpha value is -2.30. The first-order chi connectivity index (χ1) is 13.6. The number of rotatable bonds is 4. The highest BCUT2D eigenvalue weighted by atomic mass is 15.3. The third-order valence-electron chi connectivity index (χ3n) is 6.07. The van der Waals surface area contributed by atoms with Gasteiger partial charge in [-0.1, -0.05) is 13.8 Å². The molecular formula is C23H33N5. The largest absolute Gasteiger partial charge is 0.372 e. The van der Waals surface area contributed by atoms with Crippen molar-refractivity contribution >= 4 is 23.1 Å². The summed E-state index contributed by atoms with van der Waals surface area (Å²) in [7, 11) is 0. The summed E-state index contributed by atoms with van der Waals surface area (Å²) in [6, 6.07) is 10.8. The maximum Gasteiger partial charge on any atom is 0.227 e. The third-order valence-corrected chi connectivity index (χ3v) is 6.07. The summed E-state index contributed by atoms with van der Waals surface area (Å²) in [4.78, 5) is 14.3. The number of aromatic nitrogens is 2. The molecule has 28 heavy (non-hydrogen) atoms. The SMILES string of the molecule is Cc1cc(Nc2ccc(N3CCC(C)CC3)cc2)nc(N2CCCC(C)C2)n1. The molecule has 2 aromatic rings. The summed E-state index contributed by atoms with van der Waals surface area (Å²) in [5, 5.41) is 3.48. The lowest BCUT2D eigenvalue weighted by Crippen LogP contribution is -2.35. The average Bonchev–Trinajstić information content (AvgIpc) is 2.69. The number of nitrogens with zero attached hydrogens (tertiary/aromatic N) is 4. The van der Waals surface area contributed by atoms with Crippen molar-refractivity contribution in [3.63, 3.8) is 0 Å². The smallest absolute Gasteiger partial charge is 0.227 e. The second-order valence-corrected chi connectivity index (χ2v) is 8.73. The lowest BCUT2D eigenvalue weighted by molar-refractivity contribution is 0.438. The Bertz CT molecular complexity index is 780. The maximum atomic E-state index is 4.80. The molecule has 0 saturated carbocycles. The predicted octanol–water partition coefficient (Wildman–Crippen LogP) is 5.00. The zero-order valence-corrected chi connectivity index (χ0v) is 17.5. The first-order valence-electron chi connectivity index (χ1n) is 10.8. The van der Waals surface area contributed by atoms with E-state index in [4.69, 9.17) is 4.98 Å². The molecule has 150 valence electrons. The number of nitrogens with one attached hydrogen (secondary N) is 1. The maximum absolute atomic E-state index is 4.80. The lowest BCUT2D eigenvalue weighted by atomic mass is 9.99. The van der Waals surface area contributed by atoms with E-state index in [2.05, 4.69) is 58.2 Å². The van der Waals surface area contributed by atoms with Gasteiger partial charge in [0.2, 0.25) is 5.95 Å². The van der Waals surface area contributed by atoms with Gasteiger partial charge >= 0.3 is 0 Å². The molecular weight excluding hydrogens is 346 g/mol. The zero-order valence-electron chi connectivity index (χ0n) is 17.5. The Labute approximate surface area is 169 Å². The second-order valence-electron chi connectivity index (χ2n) is 8.73. The van der Waals surface area contributed by atoms with Gasteiger partial charge in [-0.2, -0.15) is 4.98 Å². The Kier molecular flexibility index (Phi) is 5.69. The first-order valence-corrected chi connectivity index (χ1v) is 10.8. The molecule has 4 rings (SSSR count). The summed E-state index contributed by atoms with van der Waals surface area (Å²) in [5.41, 5.74) is 3.40. The monoisotopic (exact) mass is 379 g/mol. The van der Waals surface area contributed by atoms with E-state index >= 15 is 0 Å². The van der Waals surface area contributed by atoms with E-state index in [0.29, 0.717) is 5.92 Å². The van der Waals surface area contributed by atoms with Crippen LogP contribution in [0.4, 0.5) is 23.1 Å². The molecule has 5 heteroatoms. The van der Waals surface area contributed by atoms with Gasteiger partial charge in [0.1, 0.15) is 5.82 Å². The van der Waals surface area contributed by atoms with Crippen LogP contribution in [0.3, 0.4) is 0 Å². The van der Waals surface area contributed by atoms with Crippen LogP contribution in [-0.4, -0.2) is 36.1 Å². The number of piperidine rings is 2. The number of hydrogen-bond acceptors (Lipinski definition) is 5. The normalized spacial score (nSPS) is 21.0. The van der Waals surface area contributed by atoms with Gasteiger partial charge in [0.15, 0.2) is 0 Å². The van der Waals surface area contributed by atoms with Gasteiger partial charge in [0.05, 0.1) is 0 Å². The van der Waals surface area contributed by atoms with Gasteiger partial charge < -0.3 is 15.1 Å². The molecule has 2 saturated heterocycles. The van der Waals surface area contributed by atoms with Gasteiger partial charge in [0.25, 0.3) is 0 Å². The molecule has 5 nitrogen and oxygen atoms in total. The molecule has 2 fully saturated rings. The minimum Gasteiger partial charge on any atom is -0.372 e. The molecule has 3 heterocycles. The summed E-state index contributed by atoms with van der Waals surface area (Å²) < 4.78 is 0. The van der Waals surface area contributed by atoms with Crippen molar-refractivity contribution in [1.82, 2.24) is 9.97 Å². The summed E-state index contributed by atoms with van der Waals surface area (Å²) >= 11 is 0. The van der Waals surface area contributed by atoms with Gasteiger partial charge in [-0.3, -0.25) is 0 Å². The standard InChI is InChI=1S/C23H33N5/c1-17-10-13-27(14-11-17)21-8-6-20(7-9-21)25-22-15-19(3)24-23(26-22)28-12-4-5-18(2)16-28/h6-9,15,17-18H,4-5,10-14,16H2,1-3H3,(H,24,25,26). The van der Waals surface area contributed by atoms with Crippen molar-refractivity contribution < 1.29 is 0 Å². The molecule has 0 radical (unpaired) electrons. The molecule has 0 amide bonds. The fourth-order valence-corrected chi connectivity index (χ4v) is 4.30. The third kappa shape index (κ3) is 4.57. The number of aryl methyl sites for hydroxylation is 1. The Balaban J connectivity index is 1.45. The number of hydrogen-bond donors (Lipinski definition) is 1. The lowest BCUT2D eigenvalue weighted by Gasteiger charge is -2.32. The van der Waals surface area contributed by atoms with Crippen molar-refractivity contribution in [3.8, 4) is 0 Å². The van der Waals surface area contributed by atoms with Crippen LogP contribution in [0.1, 0.15) is 45.2 Å². The average molecular weight is 380 g/mol. The van der Waals surface area contributed by atoms with Crippen LogP contribution in [-0.2, 0) is 0 Å². The van der Waals surface area contributed by atoms with Crippen LogP contribution in [0.2, 0.25) is 0 Å². The fourth-order valence-electron chi connectivity index (χ4n) is 4.30. The zero-order chi connectivity index (χ0) is 19.5. The van der Waals surface area contributed by atoms with E-state index in [-0.39, 0.29) is 0 Å².